The van der Waals surface area contributed by atoms with Gasteiger partial charge in [0.2, 0.25) is 5.91 Å². The van der Waals surface area contributed by atoms with Crippen molar-refractivity contribution in [2.45, 2.75) is 26.8 Å². The molecule has 10 nitrogen and oxygen atoms in total. The summed E-state index contributed by atoms with van der Waals surface area (Å²) in [5.74, 6) is 1.39. The van der Waals surface area contributed by atoms with E-state index in [2.05, 4.69) is 10.2 Å². The molecule has 11 heteroatoms. The van der Waals surface area contributed by atoms with Crippen LogP contribution in [0.4, 0.5) is 5.69 Å². The van der Waals surface area contributed by atoms with Crippen LogP contribution >= 0.6 is 11.6 Å². The zero-order chi connectivity index (χ0) is 30.5. The molecule has 2 amide bonds. The van der Waals surface area contributed by atoms with E-state index in [4.69, 9.17) is 26.1 Å². The summed E-state index contributed by atoms with van der Waals surface area (Å²) in [6, 6.07) is 19.1. The summed E-state index contributed by atoms with van der Waals surface area (Å²) >= 11 is 5.93. The lowest BCUT2D eigenvalue weighted by molar-refractivity contribution is -0.135. The molecule has 224 valence electrons. The second-order valence-electron chi connectivity index (χ2n) is 10.3. The van der Waals surface area contributed by atoms with Crippen LogP contribution in [-0.4, -0.2) is 70.6 Å². The predicted octanol–water partition coefficient (Wildman–Crippen LogP) is 4.68. The molecular formula is C32H34ClN5O5. The van der Waals surface area contributed by atoms with Gasteiger partial charge in [-0.05, 0) is 68.4 Å². The van der Waals surface area contributed by atoms with Gasteiger partial charge in [0.25, 0.3) is 11.5 Å². The van der Waals surface area contributed by atoms with Crippen molar-refractivity contribution in [2.75, 3.05) is 44.7 Å². The molecule has 1 unspecified atom stereocenters. The van der Waals surface area contributed by atoms with Crippen LogP contribution in [0.3, 0.4) is 0 Å². The standard InChI is InChI=1S/C32H34ClN5O5/c1-4-42-29-8-6-5-7-28(29)38-31(35-27-19-24(34-22(3)39)11-14-26(27)32(38)41)21(2)36-15-17-37(18-16-36)30(40)20-43-25-12-9-23(33)10-13-25/h5-14,19,21H,4,15-18,20H2,1-3H3,(H,34,39). The molecule has 1 N–H and O–H groups in total. The first-order valence-electron chi connectivity index (χ1n) is 14.2. The fourth-order valence-electron chi connectivity index (χ4n) is 5.21. The van der Waals surface area contributed by atoms with Gasteiger partial charge < -0.3 is 19.7 Å². The molecule has 5 rings (SSSR count). The number of halogens is 1. The van der Waals surface area contributed by atoms with E-state index >= 15 is 0 Å². The highest BCUT2D eigenvalue weighted by molar-refractivity contribution is 6.30. The van der Waals surface area contributed by atoms with Crippen LogP contribution in [0.1, 0.15) is 32.6 Å². The zero-order valence-electron chi connectivity index (χ0n) is 24.4. The van der Waals surface area contributed by atoms with Crippen molar-refractivity contribution >= 4 is 40.0 Å². The Morgan fingerprint density at radius 1 is 1.00 bits per heavy atom. The highest BCUT2D eigenvalue weighted by atomic mass is 35.5. The van der Waals surface area contributed by atoms with E-state index in [0.717, 1.165) is 0 Å². The van der Waals surface area contributed by atoms with Crippen molar-refractivity contribution in [1.29, 1.82) is 0 Å². The quantitative estimate of drug-likeness (QED) is 0.296. The Morgan fingerprint density at radius 3 is 2.42 bits per heavy atom. The number of fused-ring (bicyclic) bond motifs is 1. The monoisotopic (exact) mass is 603 g/mol. The molecule has 3 aromatic carbocycles. The smallest absolute Gasteiger partial charge is 0.266 e. The van der Waals surface area contributed by atoms with Gasteiger partial charge in [-0.2, -0.15) is 0 Å². The Kier molecular flexibility index (Phi) is 9.27. The number of nitrogens with one attached hydrogen (secondary N) is 1. The molecule has 4 aromatic rings. The van der Waals surface area contributed by atoms with Crippen LogP contribution in [0.2, 0.25) is 5.02 Å². The van der Waals surface area contributed by atoms with Crippen molar-refractivity contribution in [3.05, 3.63) is 87.9 Å². The molecule has 1 aromatic heterocycles. The van der Waals surface area contributed by atoms with Gasteiger partial charge in [0.1, 0.15) is 17.3 Å². The minimum Gasteiger partial charge on any atom is -0.492 e. The number of ether oxygens (including phenoxy) is 2. The number of carbonyl (C=O) groups is 2. The Balaban J connectivity index is 1.42. The summed E-state index contributed by atoms with van der Waals surface area (Å²) in [5, 5.41) is 3.79. The van der Waals surface area contributed by atoms with Crippen molar-refractivity contribution in [2.24, 2.45) is 0 Å². The Morgan fingerprint density at radius 2 is 1.72 bits per heavy atom. The molecule has 1 aliphatic heterocycles. The van der Waals surface area contributed by atoms with Crippen LogP contribution in [0, 0.1) is 0 Å². The Bertz CT molecular complexity index is 1680. The molecule has 1 atom stereocenters. The molecule has 0 aliphatic carbocycles. The SMILES string of the molecule is CCOc1ccccc1-n1c(C(C)N2CCN(C(=O)COc3ccc(Cl)cc3)CC2)nc2cc(NC(C)=O)ccc2c1=O. The minimum atomic E-state index is -0.279. The first-order valence-corrected chi connectivity index (χ1v) is 14.6. The first kappa shape index (κ1) is 30.1. The molecule has 0 saturated carbocycles. The van der Waals surface area contributed by atoms with Crippen molar-refractivity contribution in [3.63, 3.8) is 0 Å². The summed E-state index contributed by atoms with van der Waals surface area (Å²) in [7, 11) is 0. The van der Waals surface area contributed by atoms with Gasteiger partial charge in [-0.15, -0.1) is 0 Å². The molecule has 1 fully saturated rings. The van der Waals surface area contributed by atoms with E-state index in [9.17, 15) is 14.4 Å². The second kappa shape index (κ2) is 13.3. The predicted molar refractivity (Wildman–Crippen MR) is 166 cm³/mol. The lowest BCUT2D eigenvalue weighted by Crippen LogP contribution is -2.51. The van der Waals surface area contributed by atoms with E-state index in [0.29, 0.717) is 77.4 Å². The Labute approximate surface area is 254 Å². The van der Waals surface area contributed by atoms with Crippen LogP contribution in [0.5, 0.6) is 11.5 Å². The number of aromatic nitrogens is 2. The number of benzene rings is 3. The van der Waals surface area contributed by atoms with Crippen LogP contribution in [0.15, 0.2) is 71.5 Å². The van der Waals surface area contributed by atoms with Gasteiger partial charge in [-0.3, -0.25) is 23.9 Å². The highest BCUT2D eigenvalue weighted by Gasteiger charge is 2.29. The van der Waals surface area contributed by atoms with Gasteiger partial charge in [0, 0.05) is 43.8 Å². The van der Waals surface area contributed by atoms with Gasteiger partial charge in [-0.25, -0.2) is 4.98 Å². The molecule has 1 saturated heterocycles. The number of amides is 2. The van der Waals surface area contributed by atoms with Crippen LogP contribution in [0.25, 0.3) is 16.6 Å². The number of carbonyl (C=O) groups excluding carboxylic acids is 2. The largest absolute Gasteiger partial charge is 0.492 e. The minimum absolute atomic E-state index is 0.0617. The molecule has 43 heavy (non-hydrogen) atoms. The van der Waals surface area contributed by atoms with Crippen molar-refractivity contribution in [3.8, 4) is 17.2 Å². The first-order chi connectivity index (χ1) is 20.7. The fraction of sp³-hybridized carbons (Fsp3) is 0.312. The Hall–Kier alpha value is -4.41. The average Bonchev–Trinajstić information content (AvgIpc) is 3.00. The lowest BCUT2D eigenvalue weighted by Gasteiger charge is -2.38. The number of piperazine rings is 1. The number of anilines is 1. The van der Waals surface area contributed by atoms with E-state index < -0.39 is 0 Å². The third kappa shape index (κ3) is 6.81. The van der Waals surface area contributed by atoms with Crippen LogP contribution < -0.4 is 20.3 Å². The molecule has 1 aliphatic rings. The summed E-state index contributed by atoms with van der Waals surface area (Å²) in [6.07, 6.45) is 0. The topological polar surface area (TPSA) is 106 Å². The third-order valence-electron chi connectivity index (χ3n) is 7.39. The van der Waals surface area contributed by atoms with Crippen molar-refractivity contribution < 1.29 is 19.1 Å². The normalized spacial score (nSPS) is 14.4. The van der Waals surface area contributed by atoms with E-state index in [1.807, 2.05) is 38.1 Å². The molecular weight excluding hydrogens is 570 g/mol. The molecule has 0 bridgehead atoms. The van der Waals surface area contributed by atoms with E-state index in [-0.39, 0.29) is 30.0 Å². The number of rotatable bonds is 9. The maximum atomic E-state index is 14.1. The molecule has 0 spiro atoms. The van der Waals surface area contributed by atoms with E-state index in [1.165, 1.54) is 6.92 Å². The van der Waals surface area contributed by atoms with Gasteiger partial charge in [-0.1, -0.05) is 23.7 Å². The van der Waals surface area contributed by atoms with Crippen LogP contribution in [-0.2, 0) is 9.59 Å². The van der Waals surface area contributed by atoms with Gasteiger partial charge in [0.15, 0.2) is 6.61 Å². The van der Waals surface area contributed by atoms with Gasteiger partial charge in [0.05, 0.1) is 29.2 Å². The lowest BCUT2D eigenvalue weighted by atomic mass is 10.1. The summed E-state index contributed by atoms with van der Waals surface area (Å²) in [6.45, 7) is 7.89. The maximum Gasteiger partial charge on any atom is 0.266 e. The number of nitrogens with zero attached hydrogens (tertiary/aromatic N) is 4. The summed E-state index contributed by atoms with van der Waals surface area (Å²) in [4.78, 5) is 47.6. The fourth-order valence-corrected chi connectivity index (χ4v) is 5.33. The number of hydrogen-bond donors (Lipinski definition) is 1. The average molecular weight is 604 g/mol. The van der Waals surface area contributed by atoms with E-state index in [1.54, 1.807) is 51.9 Å². The summed E-state index contributed by atoms with van der Waals surface area (Å²) < 4.78 is 13.2. The summed E-state index contributed by atoms with van der Waals surface area (Å²) in [5.41, 5.74) is 1.41. The molecule has 2 heterocycles. The molecule has 0 radical (unpaired) electrons. The second-order valence-corrected chi connectivity index (χ2v) is 10.7. The zero-order valence-corrected chi connectivity index (χ0v) is 25.1. The van der Waals surface area contributed by atoms with Crippen molar-refractivity contribution in [1.82, 2.24) is 19.4 Å². The third-order valence-corrected chi connectivity index (χ3v) is 7.64. The number of hydrogen-bond acceptors (Lipinski definition) is 7. The number of para-hydroxylation sites is 2. The van der Waals surface area contributed by atoms with Gasteiger partial charge >= 0.3 is 0 Å². The maximum absolute atomic E-state index is 14.1. The highest BCUT2D eigenvalue weighted by Crippen LogP contribution is 2.29.